The lowest BCUT2D eigenvalue weighted by Gasteiger charge is -2.40. The van der Waals surface area contributed by atoms with Gasteiger partial charge >= 0.3 is 12.0 Å². The number of amides is 2. The Bertz CT molecular complexity index is 339. The number of hydrogen-bond acceptors (Lipinski definition) is 2. The summed E-state index contributed by atoms with van der Waals surface area (Å²) in [5, 5.41) is 11.8. The van der Waals surface area contributed by atoms with Crippen LogP contribution in [0.25, 0.3) is 0 Å². The fraction of sp³-hybridized carbons (Fsp3) is 0.846. The summed E-state index contributed by atoms with van der Waals surface area (Å²) in [6.45, 7) is 5.10. The van der Waals surface area contributed by atoms with Crippen molar-refractivity contribution in [1.29, 1.82) is 0 Å². The van der Waals surface area contributed by atoms with E-state index in [0.717, 1.165) is 12.8 Å². The maximum atomic E-state index is 11.9. The SMILES string of the molecule is CC1CCCC(NC(=O)N2CC(C(=O)O)C2)C1C. The number of hydrogen-bond donors (Lipinski definition) is 2. The van der Waals surface area contributed by atoms with Crippen molar-refractivity contribution in [1.82, 2.24) is 10.2 Å². The second kappa shape index (κ2) is 5.16. The molecule has 2 N–H and O–H groups in total. The predicted octanol–water partition coefficient (Wildman–Crippen LogP) is 1.54. The third-order valence-electron chi connectivity index (χ3n) is 4.53. The van der Waals surface area contributed by atoms with Crippen molar-refractivity contribution in [3.8, 4) is 0 Å². The maximum absolute atomic E-state index is 11.9. The maximum Gasteiger partial charge on any atom is 0.317 e. The molecule has 0 aromatic rings. The Morgan fingerprint density at radius 2 is 1.89 bits per heavy atom. The lowest BCUT2D eigenvalue weighted by molar-refractivity contribution is -0.146. The van der Waals surface area contributed by atoms with Crippen LogP contribution < -0.4 is 5.32 Å². The number of nitrogens with zero attached hydrogens (tertiary/aromatic N) is 1. The zero-order chi connectivity index (χ0) is 13.3. The van der Waals surface area contributed by atoms with Crippen LogP contribution in [0, 0.1) is 17.8 Å². The molecule has 3 atom stereocenters. The van der Waals surface area contributed by atoms with E-state index < -0.39 is 5.97 Å². The summed E-state index contributed by atoms with van der Waals surface area (Å²) in [7, 11) is 0. The molecule has 2 fully saturated rings. The molecule has 2 amide bonds. The third kappa shape index (κ3) is 2.60. The zero-order valence-corrected chi connectivity index (χ0v) is 11.1. The van der Waals surface area contributed by atoms with E-state index in [9.17, 15) is 9.59 Å². The molecular formula is C13H22N2O3. The summed E-state index contributed by atoms with van der Waals surface area (Å²) in [5.41, 5.74) is 0. The first-order chi connectivity index (χ1) is 8.49. The second-order valence-electron chi connectivity index (χ2n) is 5.76. The Hall–Kier alpha value is -1.26. The summed E-state index contributed by atoms with van der Waals surface area (Å²) in [5.74, 6) is -0.0383. The average molecular weight is 254 g/mol. The molecule has 1 aliphatic heterocycles. The highest BCUT2D eigenvalue weighted by atomic mass is 16.4. The molecule has 2 aliphatic rings. The van der Waals surface area contributed by atoms with Gasteiger partial charge in [0.25, 0.3) is 0 Å². The van der Waals surface area contributed by atoms with Crippen LogP contribution in [0.3, 0.4) is 0 Å². The zero-order valence-electron chi connectivity index (χ0n) is 11.1. The molecule has 5 heteroatoms. The quantitative estimate of drug-likeness (QED) is 0.785. The molecule has 1 saturated heterocycles. The standard InChI is InChI=1S/C13H22N2O3/c1-8-4-3-5-11(9(8)2)14-13(18)15-6-10(7-15)12(16)17/h8-11H,3-7H2,1-2H3,(H,14,18)(H,16,17). The highest BCUT2D eigenvalue weighted by Gasteiger charge is 2.37. The molecule has 0 bridgehead atoms. The number of carboxylic acid groups (broad SMARTS) is 1. The minimum absolute atomic E-state index is 0.0987. The Morgan fingerprint density at radius 1 is 1.22 bits per heavy atom. The summed E-state index contributed by atoms with van der Waals surface area (Å²) >= 11 is 0. The Morgan fingerprint density at radius 3 is 2.50 bits per heavy atom. The van der Waals surface area contributed by atoms with E-state index in [1.165, 1.54) is 6.42 Å². The van der Waals surface area contributed by atoms with Gasteiger partial charge in [-0.1, -0.05) is 26.7 Å². The van der Waals surface area contributed by atoms with E-state index in [-0.39, 0.29) is 18.0 Å². The number of carbonyl (C=O) groups is 2. The van der Waals surface area contributed by atoms with Crippen LogP contribution >= 0.6 is 0 Å². The van der Waals surface area contributed by atoms with Gasteiger partial charge in [-0.25, -0.2) is 4.79 Å². The molecule has 5 nitrogen and oxygen atoms in total. The first-order valence-electron chi connectivity index (χ1n) is 6.77. The fourth-order valence-electron chi connectivity index (χ4n) is 2.84. The van der Waals surface area contributed by atoms with E-state index in [4.69, 9.17) is 5.11 Å². The van der Waals surface area contributed by atoms with Gasteiger partial charge in [0.2, 0.25) is 0 Å². The Kier molecular flexibility index (Phi) is 3.78. The van der Waals surface area contributed by atoms with Gasteiger partial charge in [0, 0.05) is 19.1 Å². The van der Waals surface area contributed by atoms with Crippen LogP contribution in [0.15, 0.2) is 0 Å². The van der Waals surface area contributed by atoms with E-state index >= 15 is 0 Å². The van der Waals surface area contributed by atoms with Gasteiger partial charge in [-0.3, -0.25) is 4.79 Å². The van der Waals surface area contributed by atoms with Gasteiger partial charge in [-0.2, -0.15) is 0 Å². The van der Waals surface area contributed by atoms with E-state index in [1.807, 2.05) is 0 Å². The molecule has 1 saturated carbocycles. The van der Waals surface area contributed by atoms with Crippen molar-refractivity contribution < 1.29 is 14.7 Å². The topological polar surface area (TPSA) is 69.6 Å². The number of urea groups is 1. The summed E-state index contributed by atoms with van der Waals surface area (Å²) in [4.78, 5) is 24.2. The molecule has 0 aromatic heterocycles. The van der Waals surface area contributed by atoms with Gasteiger partial charge in [-0.15, -0.1) is 0 Å². The summed E-state index contributed by atoms with van der Waals surface area (Å²) in [6, 6.07) is 0.142. The first kappa shape index (κ1) is 13.2. The molecule has 18 heavy (non-hydrogen) atoms. The molecule has 3 unspecified atom stereocenters. The molecule has 102 valence electrons. The van der Waals surface area contributed by atoms with Crippen molar-refractivity contribution in [2.75, 3.05) is 13.1 Å². The van der Waals surface area contributed by atoms with E-state index in [0.29, 0.717) is 24.9 Å². The smallest absolute Gasteiger partial charge is 0.317 e. The van der Waals surface area contributed by atoms with Crippen molar-refractivity contribution in [3.05, 3.63) is 0 Å². The highest BCUT2D eigenvalue weighted by molar-refractivity contribution is 5.79. The largest absolute Gasteiger partial charge is 0.481 e. The monoisotopic (exact) mass is 254 g/mol. The number of carboxylic acids is 1. The van der Waals surface area contributed by atoms with Crippen LogP contribution in [0.2, 0.25) is 0 Å². The second-order valence-corrected chi connectivity index (χ2v) is 5.76. The molecular weight excluding hydrogens is 232 g/mol. The van der Waals surface area contributed by atoms with Crippen molar-refractivity contribution in [2.24, 2.45) is 17.8 Å². The minimum atomic E-state index is -0.807. The lowest BCUT2D eigenvalue weighted by atomic mass is 9.78. The number of nitrogens with one attached hydrogen (secondary N) is 1. The summed E-state index contributed by atoms with van der Waals surface area (Å²) < 4.78 is 0. The van der Waals surface area contributed by atoms with Gasteiger partial charge in [0.1, 0.15) is 0 Å². The van der Waals surface area contributed by atoms with Gasteiger partial charge in [0.05, 0.1) is 5.92 Å². The Labute approximate surface area is 108 Å². The molecule has 2 rings (SSSR count). The predicted molar refractivity (Wildman–Crippen MR) is 67.2 cm³/mol. The van der Waals surface area contributed by atoms with Crippen LogP contribution in [-0.4, -0.2) is 41.1 Å². The van der Waals surface area contributed by atoms with Crippen molar-refractivity contribution >= 4 is 12.0 Å². The molecule has 1 aliphatic carbocycles. The summed E-state index contributed by atoms with van der Waals surface area (Å²) in [6.07, 6.45) is 3.43. The van der Waals surface area contributed by atoms with Crippen molar-refractivity contribution in [2.45, 2.75) is 39.2 Å². The van der Waals surface area contributed by atoms with Crippen molar-refractivity contribution in [3.63, 3.8) is 0 Å². The van der Waals surface area contributed by atoms with E-state index in [1.54, 1.807) is 4.90 Å². The molecule has 1 heterocycles. The number of carbonyl (C=O) groups excluding carboxylic acids is 1. The van der Waals surface area contributed by atoms with Gasteiger partial charge in [0.15, 0.2) is 0 Å². The molecule has 0 radical (unpaired) electrons. The number of likely N-dealkylation sites (tertiary alicyclic amines) is 1. The first-order valence-corrected chi connectivity index (χ1v) is 6.77. The fourth-order valence-corrected chi connectivity index (χ4v) is 2.84. The average Bonchev–Trinajstić information content (AvgIpc) is 2.22. The Balaban J connectivity index is 1.80. The number of rotatable bonds is 2. The van der Waals surface area contributed by atoms with Crippen LogP contribution in [-0.2, 0) is 4.79 Å². The van der Waals surface area contributed by atoms with Crippen LogP contribution in [0.4, 0.5) is 4.79 Å². The molecule has 0 aromatic carbocycles. The molecule has 0 spiro atoms. The van der Waals surface area contributed by atoms with Gasteiger partial charge < -0.3 is 15.3 Å². The lowest BCUT2D eigenvalue weighted by Crippen LogP contribution is -2.58. The number of aliphatic carboxylic acids is 1. The van der Waals surface area contributed by atoms with Crippen LogP contribution in [0.5, 0.6) is 0 Å². The van der Waals surface area contributed by atoms with Crippen LogP contribution in [0.1, 0.15) is 33.1 Å². The van der Waals surface area contributed by atoms with Gasteiger partial charge in [-0.05, 0) is 18.3 Å². The minimum Gasteiger partial charge on any atom is -0.481 e. The third-order valence-corrected chi connectivity index (χ3v) is 4.53. The highest BCUT2D eigenvalue weighted by Crippen LogP contribution is 2.29. The van der Waals surface area contributed by atoms with E-state index in [2.05, 4.69) is 19.2 Å². The normalized spacial score (nSPS) is 32.8.